The highest BCUT2D eigenvalue weighted by molar-refractivity contribution is 5.84. The van der Waals surface area contributed by atoms with Crippen molar-refractivity contribution in [3.63, 3.8) is 0 Å². The topological polar surface area (TPSA) is 67.4 Å². The van der Waals surface area contributed by atoms with Gasteiger partial charge in [0.1, 0.15) is 5.60 Å². The summed E-state index contributed by atoms with van der Waals surface area (Å²) in [7, 11) is 0. The van der Waals surface area contributed by atoms with Crippen LogP contribution in [0.15, 0.2) is 0 Å². The van der Waals surface area contributed by atoms with Crippen molar-refractivity contribution in [2.24, 2.45) is 5.92 Å². The molecular formula is C14H26N2O3. The van der Waals surface area contributed by atoms with Gasteiger partial charge < -0.3 is 15.4 Å². The molecule has 1 aliphatic rings. The molecule has 1 atom stereocenters. The van der Waals surface area contributed by atoms with E-state index >= 15 is 0 Å². The lowest BCUT2D eigenvalue weighted by atomic mass is 9.95. The molecule has 2 N–H and O–H groups in total. The summed E-state index contributed by atoms with van der Waals surface area (Å²) in [5.41, 5.74) is -0.528. The van der Waals surface area contributed by atoms with Gasteiger partial charge in [0.05, 0.1) is 6.54 Å². The van der Waals surface area contributed by atoms with Crippen molar-refractivity contribution in [1.82, 2.24) is 10.6 Å². The lowest BCUT2D eigenvalue weighted by Crippen LogP contribution is -2.35. The van der Waals surface area contributed by atoms with E-state index in [0.29, 0.717) is 12.3 Å². The molecule has 1 heterocycles. The van der Waals surface area contributed by atoms with E-state index in [0.717, 1.165) is 32.4 Å². The number of Topliss-reactive ketones (excluding diaryl/α,β-unsaturated/α-hetero) is 1. The van der Waals surface area contributed by atoms with Crippen molar-refractivity contribution in [3.05, 3.63) is 0 Å². The highest BCUT2D eigenvalue weighted by Gasteiger charge is 2.19. The smallest absolute Gasteiger partial charge is 0.408 e. The van der Waals surface area contributed by atoms with Gasteiger partial charge in [0.25, 0.3) is 0 Å². The molecule has 0 spiro atoms. The number of carbonyl (C=O) groups excluding carboxylic acids is 2. The van der Waals surface area contributed by atoms with Crippen molar-refractivity contribution >= 4 is 11.9 Å². The molecule has 1 aliphatic heterocycles. The summed E-state index contributed by atoms with van der Waals surface area (Å²) in [6, 6.07) is 0. The normalized spacial score (nSPS) is 20.5. The summed E-state index contributed by atoms with van der Waals surface area (Å²) in [6.45, 7) is 7.49. The Bertz CT molecular complexity index is 302. The highest BCUT2D eigenvalue weighted by atomic mass is 16.6. The van der Waals surface area contributed by atoms with Crippen molar-refractivity contribution in [2.75, 3.05) is 19.6 Å². The fraction of sp³-hybridized carbons (Fsp3) is 0.857. The molecule has 5 heteroatoms. The Labute approximate surface area is 115 Å². The van der Waals surface area contributed by atoms with Gasteiger partial charge in [-0.25, -0.2) is 4.79 Å². The van der Waals surface area contributed by atoms with E-state index in [2.05, 4.69) is 10.6 Å². The van der Waals surface area contributed by atoms with Gasteiger partial charge in [-0.1, -0.05) is 0 Å². The van der Waals surface area contributed by atoms with Gasteiger partial charge in [-0.05, 0) is 59.0 Å². The first kappa shape index (κ1) is 16.0. The Hall–Kier alpha value is -1.10. The molecule has 0 saturated carbocycles. The second-order valence-corrected chi connectivity index (χ2v) is 6.15. The third-order valence-electron chi connectivity index (χ3n) is 3.04. The fourth-order valence-electron chi connectivity index (χ4n) is 2.17. The van der Waals surface area contributed by atoms with E-state index in [-0.39, 0.29) is 12.3 Å². The zero-order chi connectivity index (χ0) is 14.3. The van der Waals surface area contributed by atoms with Gasteiger partial charge in [-0.3, -0.25) is 4.79 Å². The SMILES string of the molecule is CC(C)(C)OC(=O)NCC(=O)CC1CCCNCC1. The fourth-order valence-corrected chi connectivity index (χ4v) is 2.17. The second-order valence-electron chi connectivity index (χ2n) is 6.15. The maximum atomic E-state index is 11.8. The first-order valence-electron chi connectivity index (χ1n) is 7.06. The Kier molecular flexibility index (Phi) is 6.28. The van der Waals surface area contributed by atoms with Crippen LogP contribution >= 0.6 is 0 Å². The molecule has 0 aliphatic carbocycles. The van der Waals surface area contributed by atoms with E-state index in [4.69, 9.17) is 4.74 Å². The van der Waals surface area contributed by atoms with Crippen LogP contribution in [0.4, 0.5) is 4.79 Å². The summed E-state index contributed by atoms with van der Waals surface area (Å²) >= 11 is 0. The number of alkyl carbamates (subject to hydrolysis) is 1. The lowest BCUT2D eigenvalue weighted by molar-refractivity contribution is -0.119. The Morgan fingerprint density at radius 3 is 2.68 bits per heavy atom. The first-order chi connectivity index (χ1) is 8.87. The molecule has 1 fully saturated rings. The van der Waals surface area contributed by atoms with Crippen LogP contribution < -0.4 is 10.6 Å². The first-order valence-corrected chi connectivity index (χ1v) is 7.06. The number of rotatable bonds is 4. The van der Waals surface area contributed by atoms with Crippen molar-refractivity contribution in [1.29, 1.82) is 0 Å². The number of nitrogens with one attached hydrogen (secondary N) is 2. The molecule has 110 valence electrons. The number of carbonyl (C=O) groups is 2. The van der Waals surface area contributed by atoms with Crippen LogP contribution in [0, 0.1) is 5.92 Å². The molecule has 0 aromatic heterocycles. The number of hydrogen-bond donors (Lipinski definition) is 2. The van der Waals surface area contributed by atoms with E-state index in [9.17, 15) is 9.59 Å². The van der Waals surface area contributed by atoms with E-state index in [1.807, 2.05) is 0 Å². The van der Waals surface area contributed by atoms with Crippen molar-refractivity contribution in [2.45, 2.75) is 52.1 Å². The molecule has 1 rings (SSSR count). The van der Waals surface area contributed by atoms with Crippen LogP contribution in [0.3, 0.4) is 0 Å². The molecule has 5 nitrogen and oxygen atoms in total. The molecule has 0 radical (unpaired) electrons. The quantitative estimate of drug-likeness (QED) is 0.818. The third-order valence-corrected chi connectivity index (χ3v) is 3.04. The van der Waals surface area contributed by atoms with E-state index < -0.39 is 11.7 Å². The molecule has 1 amide bonds. The van der Waals surface area contributed by atoms with E-state index in [1.54, 1.807) is 20.8 Å². The predicted octanol–water partition coefficient (Wildman–Crippen LogP) is 1.86. The minimum Gasteiger partial charge on any atom is -0.444 e. The second kappa shape index (κ2) is 7.48. The molecule has 0 aromatic carbocycles. The van der Waals surface area contributed by atoms with Crippen molar-refractivity contribution in [3.8, 4) is 0 Å². The standard InChI is InChI=1S/C14H26N2O3/c1-14(2,3)19-13(18)16-10-12(17)9-11-5-4-7-15-8-6-11/h11,15H,4-10H2,1-3H3,(H,16,18). The maximum absolute atomic E-state index is 11.8. The zero-order valence-corrected chi connectivity index (χ0v) is 12.3. The molecule has 0 aromatic rings. The summed E-state index contributed by atoms with van der Waals surface area (Å²) in [5, 5.41) is 5.84. The lowest BCUT2D eigenvalue weighted by Gasteiger charge is -2.19. The monoisotopic (exact) mass is 270 g/mol. The number of hydrogen-bond acceptors (Lipinski definition) is 4. The largest absolute Gasteiger partial charge is 0.444 e. The van der Waals surface area contributed by atoms with E-state index in [1.165, 1.54) is 0 Å². The minimum absolute atomic E-state index is 0.0683. The van der Waals surface area contributed by atoms with Crippen LogP contribution in [-0.2, 0) is 9.53 Å². The van der Waals surface area contributed by atoms with Crippen LogP contribution in [0.25, 0.3) is 0 Å². The summed E-state index contributed by atoms with van der Waals surface area (Å²) in [4.78, 5) is 23.2. The summed E-state index contributed by atoms with van der Waals surface area (Å²) < 4.78 is 5.09. The Morgan fingerprint density at radius 1 is 1.26 bits per heavy atom. The van der Waals surface area contributed by atoms with Gasteiger partial charge in [-0.2, -0.15) is 0 Å². The summed E-state index contributed by atoms with van der Waals surface area (Å²) in [6.07, 6.45) is 3.28. The molecular weight excluding hydrogens is 244 g/mol. The van der Waals surface area contributed by atoms with Crippen LogP contribution in [0.2, 0.25) is 0 Å². The predicted molar refractivity (Wildman–Crippen MR) is 74.1 cm³/mol. The molecule has 1 saturated heterocycles. The number of amides is 1. The van der Waals surface area contributed by atoms with Crippen molar-refractivity contribution < 1.29 is 14.3 Å². The number of ketones is 1. The zero-order valence-electron chi connectivity index (χ0n) is 12.3. The average molecular weight is 270 g/mol. The minimum atomic E-state index is -0.528. The van der Waals surface area contributed by atoms with Crippen LogP contribution in [-0.4, -0.2) is 37.1 Å². The molecule has 19 heavy (non-hydrogen) atoms. The third kappa shape index (κ3) is 7.82. The summed E-state index contributed by atoms with van der Waals surface area (Å²) in [5.74, 6) is 0.528. The average Bonchev–Trinajstić information content (AvgIpc) is 2.53. The molecule has 0 bridgehead atoms. The van der Waals surface area contributed by atoms with Gasteiger partial charge in [0.2, 0.25) is 0 Å². The Morgan fingerprint density at radius 2 is 2.00 bits per heavy atom. The number of ether oxygens (including phenoxy) is 1. The van der Waals surface area contributed by atoms with Gasteiger partial charge in [0.15, 0.2) is 5.78 Å². The van der Waals surface area contributed by atoms with Crippen LogP contribution in [0.5, 0.6) is 0 Å². The Balaban J connectivity index is 2.21. The highest BCUT2D eigenvalue weighted by Crippen LogP contribution is 2.17. The van der Waals surface area contributed by atoms with Gasteiger partial charge in [0, 0.05) is 6.42 Å². The maximum Gasteiger partial charge on any atom is 0.408 e. The van der Waals surface area contributed by atoms with Gasteiger partial charge in [-0.15, -0.1) is 0 Å². The molecule has 1 unspecified atom stereocenters. The van der Waals surface area contributed by atoms with Gasteiger partial charge >= 0.3 is 6.09 Å². The van der Waals surface area contributed by atoms with Crippen LogP contribution in [0.1, 0.15) is 46.5 Å².